The molecule has 10 nitrogen and oxygen atoms in total. The minimum absolute atomic E-state index is 0. The van der Waals surface area contributed by atoms with E-state index in [0.717, 1.165) is 36.4 Å². The zero-order chi connectivity index (χ0) is 19.4. The second-order valence-electron chi connectivity index (χ2n) is 4.89. The summed E-state index contributed by atoms with van der Waals surface area (Å²) in [5.41, 5.74) is -2.45. The van der Waals surface area contributed by atoms with Crippen LogP contribution in [0.5, 0.6) is 0 Å². The van der Waals surface area contributed by atoms with Crippen molar-refractivity contribution in [3.63, 3.8) is 0 Å². The van der Waals surface area contributed by atoms with E-state index >= 15 is 0 Å². The quantitative estimate of drug-likeness (QED) is 0.332. The SMILES string of the molecule is O=C([O-])c1cc(/N=N/c2cc(C(=O)[O-])cc(C(=O)[O-])c2)cc(C(=O)[O-])c1.[Fe+2].[Fe+2]. The van der Waals surface area contributed by atoms with Gasteiger partial charge in [-0.1, -0.05) is 0 Å². The molecular weight excluding hydrogens is 460 g/mol. The monoisotopic (exact) mass is 466 g/mol. The average molecular weight is 466 g/mol. The first-order chi connectivity index (χ1) is 12.2. The molecular formula is C16H6Fe2N2O8. The minimum atomic E-state index is -1.66. The van der Waals surface area contributed by atoms with Crippen molar-refractivity contribution in [2.45, 2.75) is 0 Å². The molecule has 144 valence electrons. The summed E-state index contributed by atoms with van der Waals surface area (Å²) in [5.74, 6) is -6.66. The minimum Gasteiger partial charge on any atom is -0.545 e. The Hall–Kier alpha value is -3.04. The fourth-order valence-corrected chi connectivity index (χ4v) is 1.92. The van der Waals surface area contributed by atoms with Crippen LogP contribution in [0.3, 0.4) is 0 Å². The molecule has 0 N–H and O–H groups in total. The van der Waals surface area contributed by atoms with Crippen molar-refractivity contribution in [1.29, 1.82) is 0 Å². The average Bonchev–Trinajstić information content (AvgIpc) is 2.59. The molecule has 0 heterocycles. The summed E-state index contributed by atoms with van der Waals surface area (Å²) in [7, 11) is 0. The Balaban J connectivity index is 0.00000364. The third-order valence-corrected chi connectivity index (χ3v) is 3.06. The number of hydrogen-bond acceptors (Lipinski definition) is 10. The zero-order valence-corrected chi connectivity index (χ0v) is 15.5. The van der Waals surface area contributed by atoms with Crippen LogP contribution in [-0.4, -0.2) is 23.9 Å². The Bertz CT molecular complexity index is 833. The number of carbonyl (C=O) groups excluding carboxylic acids is 4. The van der Waals surface area contributed by atoms with Gasteiger partial charge in [-0.15, -0.1) is 0 Å². The summed E-state index contributed by atoms with van der Waals surface area (Å²) in [6.45, 7) is 0. The molecule has 0 saturated heterocycles. The predicted molar refractivity (Wildman–Crippen MR) is 74.4 cm³/mol. The van der Waals surface area contributed by atoms with Gasteiger partial charge < -0.3 is 39.6 Å². The van der Waals surface area contributed by atoms with Crippen LogP contribution in [0.25, 0.3) is 0 Å². The van der Waals surface area contributed by atoms with Crippen LogP contribution in [0, 0.1) is 0 Å². The third-order valence-electron chi connectivity index (χ3n) is 3.06. The Morgan fingerprint density at radius 1 is 0.500 bits per heavy atom. The molecule has 0 aliphatic carbocycles. The number of rotatable bonds is 6. The molecule has 0 atom stereocenters. The summed E-state index contributed by atoms with van der Waals surface area (Å²) in [6.07, 6.45) is 0. The van der Waals surface area contributed by atoms with E-state index in [2.05, 4.69) is 10.2 Å². The van der Waals surface area contributed by atoms with E-state index in [-0.39, 0.29) is 45.5 Å². The van der Waals surface area contributed by atoms with E-state index in [4.69, 9.17) is 0 Å². The van der Waals surface area contributed by atoms with Gasteiger partial charge in [0.25, 0.3) is 0 Å². The topological polar surface area (TPSA) is 185 Å². The number of benzene rings is 2. The van der Waals surface area contributed by atoms with Crippen molar-refractivity contribution < 1.29 is 73.7 Å². The normalized spacial score (nSPS) is 9.86. The number of carbonyl (C=O) groups is 4. The van der Waals surface area contributed by atoms with Crippen molar-refractivity contribution in [2.75, 3.05) is 0 Å². The number of azo groups is 1. The van der Waals surface area contributed by atoms with Gasteiger partial charge in [-0.2, -0.15) is 10.2 Å². The van der Waals surface area contributed by atoms with Crippen LogP contribution in [0.15, 0.2) is 46.6 Å². The van der Waals surface area contributed by atoms with Crippen molar-refractivity contribution in [2.24, 2.45) is 10.2 Å². The largest absolute Gasteiger partial charge is 2.00 e. The van der Waals surface area contributed by atoms with Crippen molar-refractivity contribution in [3.8, 4) is 0 Å². The van der Waals surface area contributed by atoms with Gasteiger partial charge in [0.15, 0.2) is 0 Å². The van der Waals surface area contributed by atoms with Gasteiger partial charge in [0.1, 0.15) is 0 Å². The molecule has 0 aliphatic heterocycles. The van der Waals surface area contributed by atoms with Crippen LogP contribution in [0.4, 0.5) is 11.4 Å². The number of carboxylic acids is 4. The Labute approximate surface area is 177 Å². The standard InChI is InChI=1S/C16H10N2O8.2Fe/c19-13(20)7-1-8(14(21)22)4-11(3-7)17-18-12-5-9(15(23)24)2-10(6-12)16(25)26;;/h1-6H,(H,19,20)(H,21,22)(H,23,24)(H,25,26);;/q;2*+2/p-4/b18-17+;;. The van der Waals surface area contributed by atoms with Gasteiger partial charge in [-0.25, -0.2) is 0 Å². The number of nitrogens with zero attached hydrogens (tertiary/aromatic N) is 2. The number of aromatic carboxylic acids is 4. The van der Waals surface area contributed by atoms with E-state index in [0.29, 0.717) is 0 Å². The fraction of sp³-hybridized carbons (Fsp3) is 0. The van der Waals surface area contributed by atoms with Gasteiger partial charge in [0, 0.05) is 22.3 Å². The van der Waals surface area contributed by atoms with E-state index in [1.54, 1.807) is 0 Å². The maximum atomic E-state index is 10.9. The van der Waals surface area contributed by atoms with E-state index in [1.807, 2.05) is 0 Å². The van der Waals surface area contributed by atoms with E-state index in [1.165, 1.54) is 0 Å². The Kier molecular flexibility index (Phi) is 9.21. The third kappa shape index (κ3) is 6.29. The summed E-state index contributed by atoms with van der Waals surface area (Å²) in [5, 5.41) is 50.8. The maximum absolute atomic E-state index is 10.9. The first kappa shape index (κ1) is 25.0. The van der Waals surface area contributed by atoms with Crippen molar-refractivity contribution >= 4 is 35.3 Å². The summed E-state index contributed by atoms with van der Waals surface area (Å²) in [6, 6.07) is 5.41. The molecule has 28 heavy (non-hydrogen) atoms. The summed E-state index contributed by atoms with van der Waals surface area (Å²) in [4.78, 5) is 43.6. The summed E-state index contributed by atoms with van der Waals surface area (Å²) < 4.78 is 0. The van der Waals surface area contributed by atoms with Gasteiger partial charge in [0.2, 0.25) is 0 Å². The van der Waals surface area contributed by atoms with Crippen LogP contribution < -0.4 is 20.4 Å². The van der Waals surface area contributed by atoms with Crippen molar-refractivity contribution in [1.82, 2.24) is 0 Å². The molecule has 0 spiro atoms. The molecule has 0 aliphatic rings. The molecule has 2 rings (SSSR count). The fourth-order valence-electron chi connectivity index (χ4n) is 1.92. The van der Waals surface area contributed by atoms with E-state index in [9.17, 15) is 39.6 Å². The van der Waals surface area contributed by atoms with E-state index < -0.39 is 46.1 Å². The van der Waals surface area contributed by atoms with Crippen molar-refractivity contribution in [3.05, 3.63) is 58.7 Å². The van der Waals surface area contributed by atoms with Gasteiger partial charge in [-0.3, -0.25) is 0 Å². The molecule has 0 aromatic heterocycles. The molecule has 0 amide bonds. The molecule has 0 fully saturated rings. The first-order valence-electron chi connectivity index (χ1n) is 6.74. The molecule has 0 bridgehead atoms. The molecule has 2 aromatic rings. The van der Waals surface area contributed by atoms with Gasteiger partial charge in [0.05, 0.1) is 35.3 Å². The number of carboxylic acid groups (broad SMARTS) is 4. The van der Waals surface area contributed by atoms with Gasteiger partial charge >= 0.3 is 34.1 Å². The molecule has 12 heteroatoms. The number of hydrogen-bond donors (Lipinski definition) is 0. The second kappa shape index (κ2) is 10.3. The smallest absolute Gasteiger partial charge is 0.545 e. The first-order valence-corrected chi connectivity index (χ1v) is 6.74. The van der Waals surface area contributed by atoms with Crippen LogP contribution in [-0.2, 0) is 34.1 Å². The molecule has 0 saturated carbocycles. The zero-order valence-electron chi connectivity index (χ0n) is 13.3. The molecule has 2 aromatic carbocycles. The predicted octanol–water partition coefficient (Wildman–Crippen LogP) is -2.45. The molecule has 0 unspecified atom stereocenters. The van der Waals surface area contributed by atoms with Crippen LogP contribution in [0.2, 0.25) is 0 Å². The van der Waals surface area contributed by atoms with Gasteiger partial charge in [-0.05, 0) is 36.4 Å². The Morgan fingerprint density at radius 3 is 0.893 bits per heavy atom. The van der Waals surface area contributed by atoms with Crippen LogP contribution in [0.1, 0.15) is 41.4 Å². The molecule has 0 radical (unpaired) electrons. The summed E-state index contributed by atoms with van der Waals surface area (Å²) >= 11 is 0. The Morgan fingerprint density at radius 2 is 0.714 bits per heavy atom. The van der Waals surface area contributed by atoms with Crippen LogP contribution >= 0.6 is 0 Å². The second-order valence-corrected chi connectivity index (χ2v) is 4.89. The maximum Gasteiger partial charge on any atom is 2.00 e.